The second-order valence-electron chi connectivity index (χ2n) is 6.84. The van der Waals surface area contributed by atoms with Crippen LogP contribution in [-0.2, 0) is 12.7 Å². The number of hydrogen-bond acceptors (Lipinski definition) is 5. The van der Waals surface area contributed by atoms with E-state index >= 15 is 0 Å². The fourth-order valence-corrected chi connectivity index (χ4v) is 4.11. The summed E-state index contributed by atoms with van der Waals surface area (Å²) in [6.07, 6.45) is -4.35. The van der Waals surface area contributed by atoms with E-state index < -0.39 is 11.7 Å². The van der Waals surface area contributed by atoms with Gasteiger partial charge in [-0.05, 0) is 35.8 Å². The van der Waals surface area contributed by atoms with E-state index in [9.17, 15) is 17.6 Å². The Balaban J connectivity index is 1.42. The van der Waals surface area contributed by atoms with Gasteiger partial charge in [0.05, 0.1) is 16.1 Å². The first kappa shape index (κ1) is 19.8. The molecule has 2 heterocycles. The summed E-state index contributed by atoms with van der Waals surface area (Å²) >= 11 is 1.16. The van der Waals surface area contributed by atoms with Crippen LogP contribution in [0.15, 0.2) is 48.5 Å². The summed E-state index contributed by atoms with van der Waals surface area (Å²) in [5.41, 5.74) is 1.13. The van der Waals surface area contributed by atoms with Gasteiger partial charge in [-0.15, -0.1) is 5.10 Å². The molecule has 0 N–H and O–H groups in total. The monoisotopic (exact) mass is 422 g/mol. The Morgan fingerprint density at radius 2 is 1.72 bits per heavy atom. The quantitative estimate of drug-likeness (QED) is 0.572. The molecule has 9 heteroatoms. The lowest BCUT2D eigenvalue weighted by molar-refractivity contribution is -0.137. The van der Waals surface area contributed by atoms with Crippen molar-refractivity contribution in [3.05, 3.63) is 65.6 Å². The van der Waals surface area contributed by atoms with Crippen LogP contribution in [0, 0.1) is 5.82 Å². The zero-order valence-electron chi connectivity index (χ0n) is 15.4. The summed E-state index contributed by atoms with van der Waals surface area (Å²) in [4.78, 5) is 4.82. The fraction of sp³-hybridized carbons (Fsp3) is 0.300. The lowest BCUT2D eigenvalue weighted by atomic mass is 10.1. The van der Waals surface area contributed by atoms with Crippen LogP contribution in [0.1, 0.15) is 11.3 Å². The van der Waals surface area contributed by atoms with E-state index in [0.29, 0.717) is 54.5 Å². The largest absolute Gasteiger partial charge is 0.416 e. The maximum atomic E-state index is 14.1. The molecular weight excluding hydrogens is 404 g/mol. The highest BCUT2D eigenvalue weighted by Gasteiger charge is 2.31. The molecule has 29 heavy (non-hydrogen) atoms. The molecule has 152 valence electrons. The van der Waals surface area contributed by atoms with Gasteiger partial charge in [0, 0.05) is 44.0 Å². The van der Waals surface area contributed by atoms with Crippen molar-refractivity contribution in [1.29, 1.82) is 0 Å². The molecule has 1 fully saturated rings. The van der Waals surface area contributed by atoms with Crippen molar-refractivity contribution in [3.8, 4) is 10.4 Å². The zero-order chi connectivity index (χ0) is 20.4. The van der Waals surface area contributed by atoms with Gasteiger partial charge >= 0.3 is 6.18 Å². The number of benzene rings is 2. The Morgan fingerprint density at radius 1 is 0.966 bits per heavy atom. The number of hydrogen-bond donors (Lipinski definition) is 0. The molecule has 0 aliphatic carbocycles. The van der Waals surface area contributed by atoms with Crippen LogP contribution in [0.4, 0.5) is 23.2 Å². The number of anilines is 1. The van der Waals surface area contributed by atoms with Crippen molar-refractivity contribution in [2.45, 2.75) is 12.7 Å². The maximum absolute atomic E-state index is 14.1. The first-order valence-corrected chi connectivity index (χ1v) is 9.90. The van der Waals surface area contributed by atoms with Crippen LogP contribution < -0.4 is 4.90 Å². The first-order chi connectivity index (χ1) is 13.9. The second kappa shape index (κ2) is 8.08. The molecule has 0 spiro atoms. The molecule has 1 aliphatic rings. The van der Waals surface area contributed by atoms with E-state index in [1.807, 2.05) is 4.90 Å². The van der Waals surface area contributed by atoms with Crippen molar-refractivity contribution in [1.82, 2.24) is 14.5 Å². The molecule has 0 amide bonds. The Bertz CT molecular complexity index is 980. The third kappa shape index (κ3) is 4.40. The van der Waals surface area contributed by atoms with Gasteiger partial charge in [0.1, 0.15) is 5.82 Å². The van der Waals surface area contributed by atoms with E-state index in [0.717, 1.165) is 17.6 Å². The summed E-state index contributed by atoms with van der Waals surface area (Å²) < 4.78 is 56.9. The van der Waals surface area contributed by atoms with E-state index in [2.05, 4.69) is 14.5 Å². The number of alkyl halides is 3. The molecule has 1 saturated heterocycles. The van der Waals surface area contributed by atoms with Crippen molar-refractivity contribution < 1.29 is 17.6 Å². The van der Waals surface area contributed by atoms with E-state index in [1.54, 1.807) is 24.3 Å². The van der Waals surface area contributed by atoms with Crippen LogP contribution in [-0.4, -0.2) is 40.7 Å². The molecule has 0 unspecified atom stereocenters. The minimum absolute atomic E-state index is 0.311. The minimum Gasteiger partial charge on any atom is -0.369 e. The van der Waals surface area contributed by atoms with Gasteiger partial charge in [0.25, 0.3) is 0 Å². The molecule has 0 radical (unpaired) electrons. The average Bonchev–Trinajstić information content (AvgIpc) is 3.16. The smallest absolute Gasteiger partial charge is 0.369 e. The summed E-state index contributed by atoms with van der Waals surface area (Å²) in [5, 5.41) is 4.17. The molecule has 4 rings (SSSR count). The summed E-state index contributed by atoms with van der Waals surface area (Å²) in [6, 6.07) is 11.9. The third-order valence-corrected chi connectivity index (χ3v) is 5.76. The maximum Gasteiger partial charge on any atom is 0.416 e. The lowest BCUT2D eigenvalue weighted by Crippen LogP contribution is -2.46. The Morgan fingerprint density at radius 3 is 2.45 bits per heavy atom. The average molecular weight is 422 g/mol. The molecule has 0 atom stereocenters. The predicted molar refractivity (Wildman–Crippen MR) is 104 cm³/mol. The van der Waals surface area contributed by atoms with Gasteiger partial charge in [-0.3, -0.25) is 4.90 Å². The number of piperazine rings is 1. The highest BCUT2D eigenvalue weighted by Crippen LogP contribution is 2.32. The fourth-order valence-electron chi connectivity index (χ4n) is 3.42. The first-order valence-electron chi connectivity index (χ1n) is 9.12. The van der Waals surface area contributed by atoms with Crippen molar-refractivity contribution in [2.24, 2.45) is 0 Å². The minimum atomic E-state index is -4.35. The Hall–Kier alpha value is -2.52. The van der Waals surface area contributed by atoms with Gasteiger partial charge in [-0.25, -0.2) is 4.39 Å². The molecule has 3 aromatic rings. The van der Waals surface area contributed by atoms with Gasteiger partial charge < -0.3 is 4.90 Å². The van der Waals surface area contributed by atoms with E-state index in [-0.39, 0.29) is 5.82 Å². The summed E-state index contributed by atoms with van der Waals surface area (Å²) in [7, 11) is 0. The highest BCUT2D eigenvalue weighted by molar-refractivity contribution is 7.09. The Kier molecular flexibility index (Phi) is 5.51. The lowest BCUT2D eigenvalue weighted by Gasteiger charge is -2.36. The zero-order valence-corrected chi connectivity index (χ0v) is 16.2. The number of rotatable bonds is 4. The number of nitrogens with zero attached hydrogens (tertiary/aromatic N) is 4. The second-order valence-corrected chi connectivity index (χ2v) is 7.59. The summed E-state index contributed by atoms with van der Waals surface area (Å²) in [6.45, 7) is 3.08. The number of halogens is 4. The van der Waals surface area contributed by atoms with Crippen LogP contribution in [0.25, 0.3) is 10.4 Å². The molecule has 1 aliphatic heterocycles. The van der Waals surface area contributed by atoms with Crippen molar-refractivity contribution >= 4 is 17.2 Å². The molecule has 0 bridgehead atoms. The van der Waals surface area contributed by atoms with E-state index in [4.69, 9.17) is 0 Å². The summed E-state index contributed by atoms with van der Waals surface area (Å²) in [5.74, 6) is -0.311. The third-order valence-electron chi connectivity index (χ3n) is 4.96. The standard InChI is InChI=1S/C20H18F4N4S/c21-17-7-2-1-6-16(17)19-18(25-26-29-19)13-27-8-10-28(11-9-27)15-5-3-4-14(12-15)20(22,23)24/h1-7,12H,8-11,13H2. The molecule has 0 saturated carbocycles. The molecule has 4 nitrogen and oxygen atoms in total. The predicted octanol–water partition coefficient (Wildman–Crippen LogP) is 4.69. The highest BCUT2D eigenvalue weighted by atomic mass is 32.1. The van der Waals surface area contributed by atoms with Gasteiger partial charge in [-0.2, -0.15) is 13.2 Å². The van der Waals surface area contributed by atoms with Gasteiger partial charge in [0.2, 0.25) is 0 Å². The van der Waals surface area contributed by atoms with Gasteiger partial charge in [0.15, 0.2) is 0 Å². The number of aromatic nitrogens is 2. The van der Waals surface area contributed by atoms with Crippen LogP contribution in [0.5, 0.6) is 0 Å². The molecule has 1 aromatic heterocycles. The van der Waals surface area contributed by atoms with Crippen molar-refractivity contribution in [3.63, 3.8) is 0 Å². The normalized spacial score (nSPS) is 15.7. The van der Waals surface area contributed by atoms with Gasteiger partial charge in [-0.1, -0.05) is 28.8 Å². The van der Waals surface area contributed by atoms with Crippen LogP contribution in [0.2, 0.25) is 0 Å². The topological polar surface area (TPSA) is 32.3 Å². The molecule has 2 aromatic carbocycles. The van der Waals surface area contributed by atoms with Crippen molar-refractivity contribution in [2.75, 3.05) is 31.1 Å². The van der Waals surface area contributed by atoms with Crippen LogP contribution in [0.3, 0.4) is 0 Å². The van der Waals surface area contributed by atoms with Crippen LogP contribution >= 0.6 is 11.5 Å². The molecular formula is C20H18F4N4S. The Labute approximate surface area is 169 Å². The SMILES string of the molecule is Fc1ccccc1-c1snnc1CN1CCN(c2cccc(C(F)(F)F)c2)CC1. The van der Waals surface area contributed by atoms with E-state index in [1.165, 1.54) is 18.2 Å².